The van der Waals surface area contributed by atoms with Gasteiger partial charge in [-0.15, -0.1) is 0 Å². The summed E-state index contributed by atoms with van der Waals surface area (Å²) in [5.74, 6) is -1.17. The number of rotatable bonds is 1. The molecule has 2 amide bonds. The standard InChI is InChI=1S/C29H21ClN4O3/c30-16-7-5-8-17(15-16)33-26(36)23-22-13-6-14-32(22)29(24(23)27(33)37)19-10-2-4-12-21(19)34-25(35)18-9-1-3-11-20(18)31-28(29)34/h1-5,7-12,15,22-24H,6,13-14H2/t22-,23-,24+,29-/m0/s1. The molecule has 182 valence electrons. The van der Waals surface area contributed by atoms with Crippen LogP contribution in [0.1, 0.15) is 24.2 Å². The van der Waals surface area contributed by atoms with E-state index in [0.717, 1.165) is 30.6 Å². The number of amides is 2. The monoisotopic (exact) mass is 508 g/mol. The molecule has 4 atom stereocenters. The van der Waals surface area contributed by atoms with Crippen molar-refractivity contribution in [2.24, 2.45) is 11.8 Å². The van der Waals surface area contributed by atoms with Crippen molar-refractivity contribution in [2.45, 2.75) is 24.4 Å². The van der Waals surface area contributed by atoms with Gasteiger partial charge in [-0.2, -0.15) is 0 Å². The number of halogens is 1. The Kier molecular flexibility index (Phi) is 4.11. The summed E-state index contributed by atoms with van der Waals surface area (Å²) in [6, 6.07) is 21.8. The van der Waals surface area contributed by atoms with Crippen LogP contribution in [-0.4, -0.2) is 38.9 Å². The second-order valence-corrected chi connectivity index (χ2v) is 10.7. The van der Waals surface area contributed by atoms with E-state index in [0.29, 0.717) is 27.4 Å². The van der Waals surface area contributed by atoms with Gasteiger partial charge in [-0.3, -0.25) is 23.9 Å². The number of imide groups is 1. The quantitative estimate of drug-likeness (QED) is 0.365. The molecule has 3 fully saturated rings. The van der Waals surface area contributed by atoms with Crippen LogP contribution in [0.25, 0.3) is 16.6 Å². The second kappa shape index (κ2) is 7.15. The third kappa shape index (κ3) is 2.42. The van der Waals surface area contributed by atoms with Gasteiger partial charge in [0.1, 0.15) is 11.4 Å². The van der Waals surface area contributed by atoms with Crippen molar-refractivity contribution in [1.29, 1.82) is 0 Å². The minimum Gasteiger partial charge on any atom is -0.283 e. The summed E-state index contributed by atoms with van der Waals surface area (Å²) in [7, 11) is 0. The Bertz CT molecular complexity index is 1750. The molecule has 8 heteroatoms. The third-order valence-corrected chi connectivity index (χ3v) is 8.94. The average Bonchev–Trinajstić information content (AvgIpc) is 3.61. The van der Waals surface area contributed by atoms with Crippen LogP contribution < -0.4 is 10.5 Å². The lowest BCUT2D eigenvalue weighted by molar-refractivity contribution is -0.124. The normalized spacial score (nSPS) is 27.7. The molecule has 3 saturated heterocycles. The van der Waals surface area contributed by atoms with Gasteiger partial charge < -0.3 is 0 Å². The molecule has 0 radical (unpaired) electrons. The van der Waals surface area contributed by atoms with E-state index >= 15 is 0 Å². The van der Waals surface area contributed by atoms with Gasteiger partial charge >= 0.3 is 0 Å². The van der Waals surface area contributed by atoms with Crippen molar-refractivity contribution < 1.29 is 9.59 Å². The summed E-state index contributed by atoms with van der Waals surface area (Å²) < 4.78 is 1.68. The number of aromatic nitrogens is 2. The lowest BCUT2D eigenvalue weighted by atomic mass is 9.75. The summed E-state index contributed by atoms with van der Waals surface area (Å²) in [4.78, 5) is 51.0. The Hall–Kier alpha value is -3.81. The van der Waals surface area contributed by atoms with Crippen molar-refractivity contribution in [1.82, 2.24) is 14.5 Å². The van der Waals surface area contributed by atoms with E-state index in [4.69, 9.17) is 16.6 Å². The van der Waals surface area contributed by atoms with Crippen molar-refractivity contribution in [3.05, 3.63) is 99.6 Å². The molecule has 0 saturated carbocycles. The molecule has 0 bridgehead atoms. The fraction of sp³-hybridized carbons (Fsp3) is 0.241. The Morgan fingerprint density at radius 2 is 1.73 bits per heavy atom. The number of para-hydroxylation sites is 2. The zero-order valence-corrected chi connectivity index (χ0v) is 20.4. The van der Waals surface area contributed by atoms with Gasteiger partial charge in [0.05, 0.1) is 34.1 Å². The Labute approximate surface area is 216 Å². The highest BCUT2D eigenvalue weighted by Gasteiger charge is 2.73. The minimum absolute atomic E-state index is 0.117. The summed E-state index contributed by atoms with van der Waals surface area (Å²) in [5.41, 5.74) is 1.50. The number of nitrogens with zero attached hydrogens (tertiary/aromatic N) is 4. The topological polar surface area (TPSA) is 75.5 Å². The highest BCUT2D eigenvalue weighted by Crippen LogP contribution is 2.62. The van der Waals surface area contributed by atoms with Gasteiger partial charge in [0.2, 0.25) is 11.8 Å². The number of carbonyl (C=O) groups is 2. The van der Waals surface area contributed by atoms with Gasteiger partial charge in [-0.25, -0.2) is 9.88 Å². The Morgan fingerprint density at radius 3 is 2.59 bits per heavy atom. The highest BCUT2D eigenvalue weighted by atomic mass is 35.5. The summed E-state index contributed by atoms with van der Waals surface area (Å²) in [6.07, 6.45) is 1.72. The Morgan fingerprint density at radius 1 is 0.919 bits per heavy atom. The fourth-order valence-electron chi connectivity index (χ4n) is 7.48. The first-order valence-electron chi connectivity index (χ1n) is 12.6. The molecule has 8 rings (SSSR count). The van der Waals surface area contributed by atoms with Crippen LogP contribution in [0.15, 0.2) is 77.6 Å². The van der Waals surface area contributed by atoms with Crippen molar-refractivity contribution in [3.8, 4) is 5.69 Å². The van der Waals surface area contributed by atoms with E-state index in [9.17, 15) is 14.4 Å². The zero-order chi connectivity index (χ0) is 25.1. The number of hydrogen-bond acceptors (Lipinski definition) is 5. The lowest BCUT2D eigenvalue weighted by Crippen LogP contribution is -2.51. The van der Waals surface area contributed by atoms with Gasteiger partial charge in [-0.1, -0.05) is 48.0 Å². The maximum atomic E-state index is 14.4. The van der Waals surface area contributed by atoms with Crippen LogP contribution >= 0.6 is 11.6 Å². The molecule has 37 heavy (non-hydrogen) atoms. The Balaban J connectivity index is 1.46. The van der Waals surface area contributed by atoms with Crippen molar-refractivity contribution in [2.75, 3.05) is 11.4 Å². The molecule has 4 aromatic rings. The van der Waals surface area contributed by atoms with Gasteiger partial charge in [0.15, 0.2) is 0 Å². The summed E-state index contributed by atoms with van der Waals surface area (Å²) in [6.45, 7) is 0.729. The lowest BCUT2D eigenvalue weighted by Gasteiger charge is -2.38. The molecular weight excluding hydrogens is 488 g/mol. The van der Waals surface area contributed by atoms with E-state index in [1.54, 1.807) is 34.9 Å². The van der Waals surface area contributed by atoms with E-state index < -0.39 is 17.4 Å². The number of anilines is 1. The third-order valence-electron chi connectivity index (χ3n) is 8.71. The van der Waals surface area contributed by atoms with E-state index in [-0.39, 0.29) is 23.4 Å². The van der Waals surface area contributed by atoms with Gasteiger partial charge in [-0.05, 0) is 55.8 Å². The predicted octanol–water partition coefficient (Wildman–Crippen LogP) is 3.88. The first kappa shape index (κ1) is 21.3. The molecule has 4 aliphatic heterocycles. The minimum atomic E-state index is -1.01. The highest BCUT2D eigenvalue weighted by molar-refractivity contribution is 6.31. The van der Waals surface area contributed by atoms with E-state index in [1.807, 2.05) is 42.5 Å². The van der Waals surface area contributed by atoms with Crippen LogP contribution in [0.5, 0.6) is 0 Å². The van der Waals surface area contributed by atoms with Gasteiger partial charge in [0.25, 0.3) is 5.56 Å². The van der Waals surface area contributed by atoms with Crippen LogP contribution in [0.2, 0.25) is 5.02 Å². The molecule has 1 aromatic heterocycles. The van der Waals surface area contributed by atoms with E-state index in [2.05, 4.69) is 4.90 Å². The molecule has 0 N–H and O–H groups in total. The molecule has 0 unspecified atom stereocenters. The fourth-order valence-corrected chi connectivity index (χ4v) is 7.67. The number of fused-ring (bicyclic) bond motifs is 11. The zero-order valence-electron chi connectivity index (χ0n) is 19.7. The number of benzene rings is 3. The molecule has 1 spiro atoms. The number of hydrogen-bond donors (Lipinski definition) is 0. The SMILES string of the molecule is O=C1[C@H]2[C@@H]3CCCN3[C@@]3(c4ccccc4-n4c3nc3ccccc3c4=O)[C@H]2C(=O)N1c1cccc(Cl)c1. The summed E-state index contributed by atoms with van der Waals surface area (Å²) in [5, 5.41) is 0.989. The van der Waals surface area contributed by atoms with E-state index in [1.165, 1.54) is 4.90 Å². The van der Waals surface area contributed by atoms with Crippen molar-refractivity contribution >= 4 is 40.0 Å². The molecule has 7 nitrogen and oxygen atoms in total. The molecule has 5 heterocycles. The smallest absolute Gasteiger partial charge is 0.266 e. The van der Waals surface area contributed by atoms with Crippen LogP contribution in [0.3, 0.4) is 0 Å². The van der Waals surface area contributed by atoms with Gasteiger partial charge in [0, 0.05) is 16.6 Å². The molecule has 4 aliphatic rings. The maximum absolute atomic E-state index is 14.4. The van der Waals surface area contributed by atoms with Crippen molar-refractivity contribution in [3.63, 3.8) is 0 Å². The number of carbonyl (C=O) groups excluding carboxylic acids is 2. The predicted molar refractivity (Wildman–Crippen MR) is 139 cm³/mol. The van der Waals surface area contributed by atoms with Crippen LogP contribution in [-0.2, 0) is 15.1 Å². The molecule has 3 aromatic carbocycles. The first-order valence-corrected chi connectivity index (χ1v) is 12.9. The molecular formula is C29H21ClN4O3. The average molecular weight is 509 g/mol. The van der Waals surface area contributed by atoms with Crippen LogP contribution in [0.4, 0.5) is 5.69 Å². The summed E-state index contributed by atoms with van der Waals surface area (Å²) >= 11 is 6.25. The molecule has 0 aliphatic carbocycles. The second-order valence-electron chi connectivity index (χ2n) is 10.3. The largest absolute Gasteiger partial charge is 0.283 e. The first-order chi connectivity index (χ1) is 18.0. The van der Waals surface area contributed by atoms with Crippen LogP contribution in [0, 0.1) is 11.8 Å². The maximum Gasteiger partial charge on any atom is 0.266 e.